The van der Waals surface area contributed by atoms with Gasteiger partial charge in [0, 0.05) is 19.2 Å². The average Bonchev–Trinajstić information content (AvgIpc) is 2.53. The number of hydrazine groups is 1. The third kappa shape index (κ3) is 3.55. The fourth-order valence-electron chi connectivity index (χ4n) is 2.89. The largest absolute Gasteiger partial charge is 0.356 e. The minimum Gasteiger partial charge on any atom is -0.356 e. The Hall–Kier alpha value is -1.01. The maximum atomic E-state index is 5.49. The van der Waals surface area contributed by atoms with Gasteiger partial charge in [0.25, 0.3) is 0 Å². The highest BCUT2D eigenvalue weighted by molar-refractivity contribution is 7.98. The first-order valence-electron chi connectivity index (χ1n) is 7.30. The van der Waals surface area contributed by atoms with E-state index in [1.54, 1.807) is 0 Å². The molecular weight excluding hydrogens is 270 g/mol. The van der Waals surface area contributed by atoms with Crippen LogP contribution >= 0.6 is 11.8 Å². The van der Waals surface area contributed by atoms with Crippen LogP contribution in [-0.2, 0) is 0 Å². The van der Waals surface area contributed by atoms with Gasteiger partial charge in [-0.3, -0.25) is 0 Å². The average molecular weight is 295 g/mol. The number of rotatable bonds is 5. The zero-order valence-electron chi connectivity index (χ0n) is 12.6. The van der Waals surface area contributed by atoms with E-state index in [1.807, 2.05) is 12.3 Å². The van der Waals surface area contributed by atoms with Crippen molar-refractivity contribution in [2.75, 3.05) is 23.6 Å². The Morgan fingerprint density at radius 3 is 2.60 bits per heavy atom. The van der Waals surface area contributed by atoms with Crippen molar-refractivity contribution >= 4 is 23.4 Å². The van der Waals surface area contributed by atoms with E-state index in [0.717, 1.165) is 16.9 Å². The Labute approximate surface area is 125 Å². The Bertz CT molecular complexity index is 409. The molecule has 1 aliphatic carbocycles. The summed E-state index contributed by atoms with van der Waals surface area (Å²) < 4.78 is 0. The van der Waals surface area contributed by atoms with Crippen molar-refractivity contribution in [2.45, 2.75) is 50.2 Å². The van der Waals surface area contributed by atoms with Crippen LogP contribution in [0.4, 0.5) is 11.6 Å². The molecule has 1 heterocycles. The topological polar surface area (TPSA) is 67.1 Å². The molecule has 20 heavy (non-hydrogen) atoms. The summed E-state index contributed by atoms with van der Waals surface area (Å²) in [7, 11) is 2.13. The molecular formula is C14H25N5S. The number of nitrogens with two attached hydrogens (primary N) is 1. The molecule has 0 saturated heterocycles. The summed E-state index contributed by atoms with van der Waals surface area (Å²) in [5, 5.41) is 0.754. The predicted octanol–water partition coefficient (Wildman–Crippen LogP) is 2.89. The fourth-order valence-corrected chi connectivity index (χ4v) is 3.26. The van der Waals surface area contributed by atoms with Gasteiger partial charge in [-0.15, -0.1) is 0 Å². The van der Waals surface area contributed by atoms with E-state index in [0.29, 0.717) is 11.9 Å². The monoisotopic (exact) mass is 295 g/mol. The van der Waals surface area contributed by atoms with Crippen LogP contribution < -0.4 is 16.2 Å². The number of hydrogen-bond donors (Lipinski definition) is 2. The van der Waals surface area contributed by atoms with E-state index in [9.17, 15) is 0 Å². The summed E-state index contributed by atoms with van der Waals surface area (Å²) in [6, 6.07) is 2.50. The lowest BCUT2D eigenvalue weighted by molar-refractivity contribution is 0.312. The van der Waals surface area contributed by atoms with E-state index in [2.05, 4.69) is 34.3 Å². The Morgan fingerprint density at radius 1 is 1.35 bits per heavy atom. The summed E-state index contributed by atoms with van der Waals surface area (Å²) >= 11 is 1.54. The van der Waals surface area contributed by atoms with Gasteiger partial charge >= 0.3 is 0 Å². The smallest absolute Gasteiger partial charge is 0.191 e. The number of nitrogen functional groups attached to an aromatic ring is 1. The molecule has 0 spiro atoms. The maximum Gasteiger partial charge on any atom is 0.191 e. The summed E-state index contributed by atoms with van der Waals surface area (Å²) in [5.74, 6) is 8.03. The molecule has 6 heteroatoms. The molecule has 1 saturated carbocycles. The highest BCUT2D eigenvalue weighted by Crippen LogP contribution is 2.31. The van der Waals surface area contributed by atoms with Gasteiger partial charge < -0.3 is 10.3 Å². The number of aromatic nitrogens is 2. The van der Waals surface area contributed by atoms with Crippen LogP contribution in [0, 0.1) is 5.92 Å². The van der Waals surface area contributed by atoms with Gasteiger partial charge in [-0.25, -0.2) is 15.8 Å². The highest BCUT2D eigenvalue weighted by atomic mass is 32.2. The Balaban J connectivity index is 2.10. The molecule has 0 aliphatic heterocycles. The number of thioether (sulfide) groups is 1. The number of hydrogen-bond acceptors (Lipinski definition) is 6. The van der Waals surface area contributed by atoms with Crippen molar-refractivity contribution < 1.29 is 0 Å². The number of nitrogens with one attached hydrogen (secondary N) is 1. The summed E-state index contributed by atoms with van der Waals surface area (Å²) in [6.07, 6.45) is 8.44. The van der Waals surface area contributed by atoms with Crippen molar-refractivity contribution in [2.24, 2.45) is 11.8 Å². The van der Waals surface area contributed by atoms with Crippen LogP contribution in [0.15, 0.2) is 11.2 Å². The highest BCUT2D eigenvalue weighted by Gasteiger charge is 2.24. The summed E-state index contributed by atoms with van der Waals surface area (Å²) in [4.78, 5) is 11.2. The van der Waals surface area contributed by atoms with Gasteiger partial charge in [-0.05, 0) is 37.9 Å². The summed E-state index contributed by atoms with van der Waals surface area (Å²) in [6.45, 7) is 2.29. The molecule has 5 nitrogen and oxygen atoms in total. The minimum atomic E-state index is 0.577. The Kier molecular flexibility index (Phi) is 5.48. The van der Waals surface area contributed by atoms with Gasteiger partial charge in [0.15, 0.2) is 5.16 Å². The van der Waals surface area contributed by atoms with Crippen molar-refractivity contribution in [1.29, 1.82) is 0 Å². The van der Waals surface area contributed by atoms with Crippen LogP contribution in [0.3, 0.4) is 0 Å². The second-order valence-electron chi connectivity index (χ2n) is 5.44. The first-order chi connectivity index (χ1) is 9.67. The van der Waals surface area contributed by atoms with Crippen LogP contribution in [0.5, 0.6) is 0 Å². The van der Waals surface area contributed by atoms with Gasteiger partial charge in [0.1, 0.15) is 11.6 Å². The van der Waals surface area contributed by atoms with E-state index in [1.165, 1.54) is 43.9 Å². The molecule has 1 aliphatic rings. The molecule has 1 aromatic rings. The van der Waals surface area contributed by atoms with Crippen molar-refractivity contribution in [3.8, 4) is 0 Å². The third-order valence-corrected chi connectivity index (χ3v) is 4.87. The van der Waals surface area contributed by atoms with E-state index in [-0.39, 0.29) is 0 Å². The molecule has 0 amide bonds. The lowest BCUT2D eigenvalue weighted by Gasteiger charge is -2.35. The Morgan fingerprint density at radius 2 is 2.05 bits per heavy atom. The normalized spacial score (nSPS) is 22.6. The summed E-state index contributed by atoms with van der Waals surface area (Å²) in [5.41, 5.74) is 2.62. The first kappa shape index (κ1) is 15.4. The lowest BCUT2D eigenvalue weighted by atomic mass is 9.84. The van der Waals surface area contributed by atoms with E-state index in [4.69, 9.17) is 5.84 Å². The number of nitrogens with zero attached hydrogens (tertiary/aromatic N) is 3. The second-order valence-corrected chi connectivity index (χ2v) is 6.21. The van der Waals surface area contributed by atoms with Crippen molar-refractivity contribution in [3.63, 3.8) is 0 Å². The molecule has 2 rings (SSSR count). The molecule has 0 unspecified atom stereocenters. The standard InChI is InChI=1S/C14H25N5S/c1-4-10-5-7-11(8-6-10)19(2)13-9-12(18-15)16-14(17-13)20-3/h9-11H,4-8,15H2,1-3H3,(H,16,17,18). The second kappa shape index (κ2) is 7.13. The van der Waals surface area contributed by atoms with Crippen LogP contribution in [0.1, 0.15) is 39.0 Å². The van der Waals surface area contributed by atoms with Crippen LogP contribution in [0.25, 0.3) is 0 Å². The van der Waals surface area contributed by atoms with Gasteiger partial charge in [-0.2, -0.15) is 0 Å². The van der Waals surface area contributed by atoms with Crippen molar-refractivity contribution in [3.05, 3.63) is 6.07 Å². The van der Waals surface area contributed by atoms with Crippen LogP contribution in [0.2, 0.25) is 0 Å². The molecule has 0 radical (unpaired) electrons. The molecule has 112 valence electrons. The van der Waals surface area contributed by atoms with E-state index >= 15 is 0 Å². The lowest BCUT2D eigenvalue weighted by Crippen LogP contribution is -2.35. The molecule has 1 fully saturated rings. The maximum absolute atomic E-state index is 5.49. The van der Waals surface area contributed by atoms with Gasteiger partial charge in [-0.1, -0.05) is 25.1 Å². The zero-order chi connectivity index (χ0) is 14.5. The van der Waals surface area contributed by atoms with Crippen LogP contribution in [-0.4, -0.2) is 29.3 Å². The predicted molar refractivity (Wildman–Crippen MR) is 86.1 cm³/mol. The third-order valence-electron chi connectivity index (χ3n) is 4.33. The fraction of sp³-hybridized carbons (Fsp3) is 0.714. The van der Waals surface area contributed by atoms with Crippen molar-refractivity contribution in [1.82, 2.24) is 9.97 Å². The minimum absolute atomic E-state index is 0.577. The quantitative estimate of drug-likeness (QED) is 0.377. The zero-order valence-corrected chi connectivity index (χ0v) is 13.4. The van der Waals surface area contributed by atoms with Gasteiger partial charge in [0.05, 0.1) is 0 Å². The van der Waals surface area contributed by atoms with E-state index < -0.39 is 0 Å². The molecule has 0 bridgehead atoms. The van der Waals surface area contributed by atoms with Gasteiger partial charge in [0.2, 0.25) is 0 Å². The molecule has 0 atom stereocenters. The first-order valence-corrected chi connectivity index (χ1v) is 8.52. The number of anilines is 2. The molecule has 1 aromatic heterocycles. The molecule has 3 N–H and O–H groups in total. The molecule has 0 aromatic carbocycles. The SMILES string of the molecule is CCC1CCC(N(C)c2cc(NN)nc(SC)n2)CC1.